The van der Waals surface area contributed by atoms with Crippen LogP contribution in [0.3, 0.4) is 0 Å². The summed E-state index contributed by atoms with van der Waals surface area (Å²) in [6, 6.07) is 0.564. The summed E-state index contributed by atoms with van der Waals surface area (Å²) < 4.78 is 11.3. The lowest BCUT2D eigenvalue weighted by Crippen LogP contribution is -2.50. The Hall–Kier alpha value is -0.650. The van der Waals surface area contributed by atoms with Crippen molar-refractivity contribution in [2.24, 2.45) is 0 Å². The van der Waals surface area contributed by atoms with Crippen LogP contribution in [0, 0.1) is 0 Å². The highest BCUT2D eigenvalue weighted by Crippen LogP contribution is 2.28. The minimum atomic E-state index is -0.785. The van der Waals surface area contributed by atoms with E-state index in [1.807, 2.05) is 7.11 Å². The van der Waals surface area contributed by atoms with Gasteiger partial charge < -0.3 is 14.6 Å². The fourth-order valence-electron chi connectivity index (χ4n) is 3.46. The van der Waals surface area contributed by atoms with E-state index in [9.17, 15) is 4.79 Å². The molecule has 1 heterocycles. The zero-order valence-corrected chi connectivity index (χ0v) is 12.4. The molecule has 5 heteroatoms. The van der Waals surface area contributed by atoms with Gasteiger partial charge in [0.15, 0.2) is 0 Å². The number of carboxylic acid groups (broad SMARTS) is 1. The van der Waals surface area contributed by atoms with E-state index in [2.05, 4.69) is 4.90 Å². The van der Waals surface area contributed by atoms with Gasteiger partial charge in [0.05, 0.1) is 25.2 Å². The molecule has 0 aromatic rings. The third kappa shape index (κ3) is 4.43. The van der Waals surface area contributed by atoms with Gasteiger partial charge in [0.25, 0.3) is 0 Å². The van der Waals surface area contributed by atoms with Gasteiger partial charge in [0, 0.05) is 26.2 Å². The van der Waals surface area contributed by atoms with Gasteiger partial charge in [0.1, 0.15) is 0 Å². The monoisotopic (exact) mass is 285 g/mol. The largest absolute Gasteiger partial charge is 0.481 e. The van der Waals surface area contributed by atoms with Crippen LogP contribution in [0.15, 0.2) is 0 Å². The highest BCUT2D eigenvalue weighted by atomic mass is 16.5. The number of piperidine rings is 1. The zero-order valence-electron chi connectivity index (χ0n) is 12.4. The quantitative estimate of drug-likeness (QED) is 0.807. The summed E-state index contributed by atoms with van der Waals surface area (Å²) >= 11 is 0. The number of aliphatic carboxylic acids is 1. The molecule has 0 spiro atoms. The molecule has 2 unspecified atom stereocenters. The van der Waals surface area contributed by atoms with E-state index in [4.69, 9.17) is 14.6 Å². The number of methoxy groups -OCH3 is 1. The Balaban J connectivity index is 1.71. The number of hydrogen-bond acceptors (Lipinski definition) is 4. The van der Waals surface area contributed by atoms with Crippen LogP contribution in [0.2, 0.25) is 0 Å². The maximum absolute atomic E-state index is 10.5. The van der Waals surface area contributed by atoms with Gasteiger partial charge in [-0.15, -0.1) is 0 Å². The maximum atomic E-state index is 10.5. The summed E-state index contributed by atoms with van der Waals surface area (Å²) in [7, 11) is 1.82. The van der Waals surface area contributed by atoms with E-state index in [0.717, 1.165) is 25.9 Å². The first-order valence-corrected chi connectivity index (χ1v) is 7.81. The second-order valence-corrected chi connectivity index (χ2v) is 5.88. The average molecular weight is 285 g/mol. The molecule has 2 atom stereocenters. The van der Waals surface area contributed by atoms with Crippen LogP contribution in [-0.2, 0) is 14.3 Å². The van der Waals surface area contributed by atoms with E-state index in [0.29, 0.717) is 18.8 Å². The summed E-state index contributed by atoms with van der Waals surface area (Å²) in [4.78, 5) is 13.0. The van der Waals surface area contributed by atoms with Crippen LogP contribution in [-0.4, -0.2) is 61.0 Å². The number of nitrogens with zero attached hydrogens (tertiary/aromatic N) is 1. The highest BCUT2D eigenvalue weighted by Gasteiger charge is 2.32. The smallest absolute Gasteiger partial charge is 0.305 e. The van der Waals surface area contributed by atoms with E-state index < -0.39 is 5.97 Å². The molecule has 0 bridgehead atoms. The summed E-state index contributed by atoms with van der Waals surface area (Å²) in [6.45, 7) is 2.43. The number of hydrogen-bond donors (Lipinski definition) is 1. The molecule has 0 amide bonds. The van der Waals surface area contributed by atoms with Crippen molar-refractivity contribution in [3.8, 4) is 0 Å². The number of rotatable bonds is 6. The van der Waals surface area contributed by atoms with E-state index in [1.54, 1.807) is 0 Å². The van der Waals surface area contributed by atoms with Gasteiger partial charge in [-0.1, -0.05) is 12.8 Å². The Labute approximate surface area is 121 Å². The zero-order chi connectivity index (χ0) is 14.4. The first-order valence-electron chi connectivity index (χ1n) is 7.81. The molecule has 0 aromatic carbocycles. The molecule has 5 nitrogen and oxygen atoms in total. The lowest BCUT2D eigenvalue weighted by Gasteiger charge is -2.42. The van der Waals surface area contributed by atoms with E-state index >= 15 is 0 Å². The Morgan fingerprint density at radius 3 is 2.55 bits per heavy atom. The number of carbonyl (C=O) groups is 1. The Bertz CT molecular complexity index is 302. The first-order chi connectivity index (χ1) is 9.70. The van der Waals surface area contributed by atoms with Crippen LogP contribution in [0.4, 0.5) is 0 Å². The van der Waals surface area contributed by atoms with Gasteiger partial charge in [0.2, 0.25) is 0 Å². The molecule has 1 N–H and O–H groups in total. The van der Waals surface area contributed by atoms with Crippen molar-refractivity contribution in [1.29, 1.82) is 0 Å². The van der Waals surface area contributed by atoms with Crippen molar-refractivity contribution in [2.75, 3.05) is 26.8 Å². The molecule has 1 saturated carbocycles. The van der Waals surface area contributed by atoms with Crippen molar-refractivity contribution in [3.63, 3.8) is 0 Å². The molecule has 1 aliphatic heterocycles. The first kappa shape index (κ1) is 15.7. The van der Waals surface area contributed by atoms with Crippen LogP contribution >= 0.6 is 0 Å². The van der Waals surface area contributed by atoms with Gasteiger partial charge in [-0.3, -0.25) is 9.69 Å². The summed E-state index contributed by atoms with van der Waals surface area (Å²) in [5.74, 6) is -0.785. The second kappa shape index (κ2) is 7.96. The minimum Gasteiger partial charge on any atom is -0.481 e. The summed E-state index contributed by atoms with van der Waals surface area (Å²) in [6.07, 6.45) is 7.74. The van der Waals surface area contributed by atoms with Crippen molar-refractivity contribution in [3.05, 3.63) is 0 Å². The molecule has 2 fully saturated rings. The third-order valence-electron chi connectivity index (χ3n) is 4.59. The van der Waals surface area contributed by atoms with Gasteiger partial charge in [-0.25, -0.2) is 0 Å². The molecule has 116 valence electrons. The third-order valence-corrected chi connectivity index (χ3v) is 4.59. The Morgan fingerprint density at radius 2 is 1.90 bits per heavy atom. The van der Waals surface area contributed by atoms with Crippen LogP contribution in [0.1, 0.15) is 44.9 Å². The molecule has 1 saturated heterocycles. The van der Waals surface area contributed by atoms with Crippen LogP contribution in [0.25, 0.3) is 0 Å². The van der Waals surface area contributed by atoms with Crippen LogP contribution in [0.5, 0.6) is 0 Å². The Morgan fingerprint density at radius 1 is 1.20 bits per heavy atom. The van der Waals surface area contributed by atoms with Crippen molar-refractivity contribution in [2.45, 2.75) is 63.2 Å². The van der Waals surface area contributed by atoms with Crippen LogP contribution < -0.4 is 0 Å². The summed E-state index contributed by atoms with van der Waals surface area (Å²) in [5, 5.41) is 8.61. The average Bonchev–Trinajstić information content (AvgIpc) is 2.47. The molecular weight excluding hydrogens is 258 g/mol. The lowest BCUT2D eigenvalue weighted by molar-refractivity contribution is -0.139. The molecular formula is C15H27NO4. The van der Waals surface area contributed by atoms with E-state index in [-0.39, 0.29) is 12.5 Å². The molecule has 2 aliphatic rings. The second-order valence-electron chi connectivity index (χ2n) is 5.88. The Kier molecular flexibility index (Phi) is 6.26. The van der Waals surface area contributed by atoms with Gasteiger partial charge in [-0.05, 0) is 25.7 Å². The molecule has 0 aromatic heterocycles. The number of ether oxygens (including phenoxy) is 2. The topological polar surface area (TPSA) is 59.0 Å². The minimum absolute atomic E-state index is 0.106. The molecule has 0 radical (unpaired) electrons. The van der Waals surface area contributed by atoms with Crippen molar-refractivity contribution >= 4 is 5.97 Å². The number of carboxylic acids is 1. The fraction of sp³-hybridized carbons (Fsp3) is 0.933. The summed E-state index contributed by atoms with van der Waals surface area (Å²) in [5.41, 5.74) is 0. The van der Waals surface area contributed by atoms with Gasteiger partial charge in [-0.2, -0.15) is 0 Å². The SMILES string of the molecule is COC1CCCCC1N1CCC(OCCC(=O)O)CC1. The predicted octanol–water partition coefficient (Wildman–Crippen LogP) is 1.90. The molecule has 1 aliphatic carbocycles. The van der Waals surface area contributed by atoms with Crippen molar-refractivity contribution < 1.29 is 19.4 Å². The fourth-order valence-corrected chi connectivity index (χ4v) is 3.46. The predicted molar refractivity (Wildman–Crippen MR) is 75.9 cm³/mol. The number of likely N-dealkylation sites (tertiary alicyclic amines) is 1. The molecule has 2 rings (SSSR count). The highest BCUT2D eigenvalue weighted by molar-refractivity contribution is 5.66. The lowest BCUT2D eigenvalue weighted by atomic mass is 9.89. The van der Waals surface area contributed by atoms with Gasteiger partial charge >= 0.3 is 5.97 Å². The van der Waals surface area contributed by atoms with Crippen molar-refractivity contribution in [1.82, 2.24) is 4.90 Å². The molecule has 20 heavy (non-hydrogen) atoms. The standard InChI is InChI=1S/C15H27NO4/c1-19-14-5-3-2-4-13(14)16-9-6-12(7-10-16)20-11-8-15(17)18/h12-14H,2-11H2,1H3,(H,17,18). The normalized spacial score (nSPS) is 29.4. The maximum Gasteiger partial charge on any atom is 0.305 e. The van der Waals surface area contributed by atoms with E-state index in [1.165, 1.54) is 25.7 Å².